The summed E-state index contributed by atoms with van der Waals surface area (Å²) in [4.78, 5) is 37.6. The van der Waals surface area contributed by atoms with E-state index in [9.17, 15) is 14.4 Å². The van der Waals surface area contributed by atoms with E-state index in [0.29, 0.717) is 30.0 Å². The molecule has 1 amide bonds. The first-order valence-electron chi connectivity index (χ1n) is 8.01. The number of rotatable bonds is 5. The predicted molar refractivity (Wildman–Crippen MR) is 88.6 cm³/mol. The SMILES string of the molecule is Cc1noc(C)c1C(=O)OCC(=O)c1ccc(N2CCCC2=O)cc1. The van der Waals surface area contributed by atoms with Crippen LogP contribution in [0.5, 0.6) is 0 Å². The number of aryl methyl sites for hydroxylation is 2. The number of aromatic nitrogens is 1. The largest absolute Gasteiger partial charge is 0.454 e. The van der Waals surface area contributed by atoms with Crippen LogP contribution in [0, 0.1) is 13.8 Å². The lowest BCUT2D eigenvalue weighted by molar-refractivity contribution is -0.117. The average molecular weight is 342 g/mol. The Morgan fingerprint density at radius 2 is 1.96 bits per heavy atom. The van der Waals surface area contributed by atoms with Gasteiger partial charge in [-0.05, 0) is 44.5 Å². The van der Waals surface area contributed by atoms with Crippen molar-refractivity contribution in [3.8, 4) is 0 Å². The van der Waals surface area contributed by atoms with Crippen molar-refractivity contribution in [2.45, 2.75) is 26.7 Å². The molecule has 25 heavy (non-hydrogen) atoms. The third-order valence-electron chi connectivity index (χ3n) is 4.15. The number of anilines is 1. The quantitative estimate of drug-likeness (QED) is 0.612. The number of benzene rings is 1. The first kappa shape index (κ1) is 16.9. The van der Waals surface area contributed by atoms with E-state index in [1.54, 1.807) is 43.0 Å². The molecule has 1 aliphatic rings. The fourth-order valence-corrected chi connectivity index (χ4v) is 2.81. The molecule has 130 valence electrons. The molecule has 1 aromatic heterocycles. The van der Waals surface area contributed by atoms with Crippen molar-refractivity contribution < 1.29 is 23.6 Å². The minimum absolute atomic E-state index is 0.0902. The average Bonchev–Trinajstić information content (AvgIpc) is 3.18. The number of hydrogen-bond donors (Lipinski definition) is 0. The monoisotopic (exact) mass is 342 g/mol. The zero-order chi connectivity index (χ0) is 18.0. The maximum Gasteiger partial charge on any atom is 0.344 e. The van der Waals surface area contributed by atoms with Gasteiger partial charge < -0.3 is 14.2 Å². The summed E-state index contributed by atoms with van der Waals surface area (Å²) >= 11 is 0. The second-order valence-electron chi connectivity index (χ2n) is 5.89. The second-order valence-corrected chi connectivity index (χ2v) is 5.89. The molecule has 7 nitrogen and oxygen atoms in total. The summed E-state index contributed by atoms with van der Waals surface area (Å²) in [6, 6.07) is 6.72. The number of carbonyl (C=O) groups is 3. The van der Waals surface area contributed by atoms with Gasteiger partial charge in [-0.15, -0.1) is 0 Å². The van der Waals surface area contributed by atoms with Gasteiger partial charge in [0.15, 0.2) is 12.4 Å². The fraction of sp³-hybridized carbons (Fsp3) is 0.333. The second kappa shape index (κ2) is 6.88. The summed E-state index contributed by atoms with van der Waals surface area (Å²) in [5, 5.41) is 3.68. The molecule has 2 heterocycles. The van der Waals surface area contributed by atoms with Crippen LogP contribution >= 0.6 is 0 Å². The van der Waals surface area contributed by atoms with Crippen molar-refractivity contribution in [1.82, 2.24) is 5.16 Å². The molecule has 2 aromatic rings. The van der Waals surface area contributed by atoms with Gasteiger partial charge in [0.1, 0.15) is 11.3 Å². The van der Waals surface area contributed by atoms with Crippen molar-refractivity contribution in [3.05, 3.63) is 46.8 Å². The maximum absolute atomic E-state index is 12.2. The van der Waals surface area contributed by atoms with Gasteiger partial charge in [-0.3, -0.25) is 9.59 Å². The molecule has 0 atom stereocenters. The Morgan fingerprint density at radius 1 is 1.24 bits per heavy atom. The van der Waals surface area contributed by atoms with Crippen molar-refractivity contribution in [3.63, 3.8) is 0 Å². The van der Waals surface area contributed by atoms with Crippen molar-refractivity contribution >= 4 is 23.3 Å². The van der Waals surface area contributed by atoms with Gasteiger partial charge in [0.05, 0.1) is 5.69 Å². The van der Waals surface area contributed by atoms with Gasteiger partial charge in [0, 0.05) is 24.2 Å². The molecule has 0 bridgehead atoms. The van der Waals surface area contributed by atoms with Crippen molar-refractivity contribution in [2.24, 2.45) is 0 Å². The molecular formula is C18H18N2O5. The van der Waals surface area contributed by atoms with Crippen LogP contribution < -0.4 is 4.90 Å². The molecule has 0 radical (unpaired) electrons. The molecule has 1 aromatic carbocycles. The van der Waals surface area contributed by atoms with E-state index in [4.69, 9.17) is 9.26 Å². The number of esters is 1. The van der Waals surface area contributed by atoms with Crippen LogP contribution in [-0.2, 0) is 9.53 Å². The molecule has 1 fully saturated rings. The van der Waals surface area contributed by atoms with Gasteiger partial charge in [0.2, 0.25) is 5.91 Å². The molecule has 0 saturated carbocycles. The standard InChI is InChI=1S/C18H18N2O5/c1-11-17(12(2)25-19-11)18(23)24-10-15(21)13-5-7-14(8-6-13)20-9-3-4-16(20)22/h5-8H,3-4,9-10H2,1-2H3. The number of hydrogen-bond acceptors (Lipinski definition) is 6. The normalized spacial score (nSPS) is 14.0. The minimum Gasteiger partial charge on any atom is -0.454 e. The predicted octanol–water partition coefficient (Wildman–Crippen LogP) is 2.46. The van der Waals surface area contributed by atoms with E-state index in [-0.39, 0.29) is 23.9 Å². The van der Waals surface area contributed by atoms with Crippen LogP contribution in [0.15, 0.2) is 28.8 Å². The Hall–Kier alpha value is -2.96. The van der Waals surface area contributed by atoms with Gasteiger partial charge in [-0.25, -0.2) is 4.79 Å². The van der Waals surface area contributed by atoms with E-state index in [1.165, 1.54) is 0 Å². The van der Waals surface area contributed by atoms with Gasteiger partial charge in [0.25, 0.3) is 0 Å². The Morgan fingerprint density at radius 3 is 2.52 bits per heavy atom. The highest BCUT2D eigenvalue weighted by molar-refractivity contribution is 6.00. The van der Waals surface area contributed by atoms with Crippen LogP contribution in [0.25, 0.3) is 0 Å². The Balaban J connectivity index is 1.62. The molecule has 0 N–H and O–H groups in total. The van der Waals surface area contributed by atoms with E-state index in [0.717, 1.165) is 12.1 Å². The van der Waals surface area contributed by atoms with Crippen LogP contribution in [-0.4, -0.2) is 36.0 Å². The van der Waals surface area contributed by atoms with Crippen LogP contribution in [0.2, 0.25) is 0 Å². The molecule has 1 aliphatic heterocycles. The zero-order valence-corrected chi connectivity index (χ0v) is 14.1. The molecule has 0 spiro atoms. The molecule has 0 aliphatic carbocycles. The Labute approximate surface area is 144 Å². The maximum atomic E-state index is 12.2. The lowest BCUT2D eigenvalue weighted by Crippen LogP contribution is -2.23. The Kier molecular flexibility index (Phi) is 4.65. The smallest absolute Gasteiger partial charge is 0.344 e. The summed E-state index contributed by atoms with van der Waals surface area (Å²) in [7, 11) is 0. The van der Waals surface area contributed by atoms with E-state index in [2.05, 4.69) is 5.16 Å². The van der Waals surface area contributed by atoms with E-state index in [1.807, 2.05) is 0 Å². The molecule has 7 heteroatoms. The molecule has 0 unspecified atom stereocenters. The molecular weight excluding hydrogens is 324 g/mol. The number of ketones is 1. The Bertz CT molecular complexity index is 803. The minimum atomic E-state index is -0.635. The molecule has 3 rings (SSSR count). The van der Waals surface area contributed by atoms with Gasteiger partial charge in [-0.2, -0.15) is 0 Å². The third kappa shape index (κ3) is 3.45. The van der Waals surface area contributed by atoms with E-state index >= 15 is 0 Å². The zero-order valence-electron chi connectivity index (χ0n) is 14.1. The number of nitrogens with zero attached hydrogens (tertiary/aromatic N) is 2. The number of carbonyl (C=O) groups excluding carboxylic acids is 3. The van der Waals surface area contributed by atoms with Crippen LogP contribution in [0.1, 0.15) is 45.0 Å². The lowest BCUT2D eigenvalue weighted by Gasteiger charge is -2.15. The van der Waals surface area contributed by atoms with Gasteiger partial charge in [-0.1, -0.05) is 5.16 Å². The summed E-state index contributed by atoms with van der Waals surface area (Å²) in [5.41, 5.74) is 1.86. The highest BCUT2D eigenvalue weighted by Gasteiger charge is 2.22. The van der Waals surface area contributed by atoms with E-state index < -0.39 is 5.97 Å². The highest BCUT2D eigenvalue weighted by Crippen LogP contribution is 2.22. The summed E-state index contributed by atoms with van der Waals surface area (Å²) in [5.74, 6) is -0.509. The number of amides is 1. The summed E-state index contributed by atoms with van der Waals surface area (Å²) in [6.07, 6.45) is 1.40. The number of Topliss-reactive ketones (excluding diaryl/α,β-unsaturated/α-hetero) is 1. The third-order valence-corrected chi connectivity index (χ3v) is 4.15. The van der Waals surface area contributed by atoms with Crippen molar-refractivity contribution in [1.29, 1.82) is 0 Å². The van der Waals surface area contributed by atoms with Crippen LogP contribution in [0.3, 0.4) is 0 Å². The fourth-order valence-electron chi connectivity index (χ4n) is 2.81. The lowest BCUT2D eigenvalue weighted by atomic mass is 10.1. The van der Waals surface area contributed by atoms with Gasteiger partial charge >= 0.3 is 5.97 Å². The van der Waals surface area contributed by atoms with Crippen molar-refractivity contribution in [2.75, 3.05) is 18.1 Å². The molecule has 1 saturated heterocycles. The first-order valence-corrected chi connectivity index (χ1v) is 8.01. The highest BCUT2D eigenvalue weighted by atomic mass is 16.5. The first-order chi connectivity index (χ1) is 12.0. The summed E-state index contributed by atoms with van der Waals surface area (Å²) in [6.45, 7) is 3.57. The topological polar surface area (TPSA) is 89.7 Å². The van der Waals surface area contributed by atoms with Crippen LogP contribution in [0.4, 0.5) is 5.69 Å². The summed E-state index contributed by atoms with van der Waals surface area (Å²) < 4.78 is 9.97. The number of ether oxygens (including phenoxy) is 1.